The van der Waals surface area contributed by atoms with Crippen molar-refractivity contribution in [2.75, 3.05) is 13.1 Å². The van der Waals surface area contributed by atoms with Crippen LogP contribution in [0.15, 0.2) is 0 Å². The van der Waals surface area contributed by atoms with Crippen molar-refractivity contribution in [2.24, 2.45) is 17.2 Å². The van der Waals surface area contributed by atoms with E-state index >= 15 is 0 Å². The molecular formula is C20H34N6O8. The zero-order valence-corrected chi connectivity index (χ0v) is 18.9. The maximum atomic E-state index is 13.0. The van der Waals surface area contributed by atoms with Crippen LogP contribution >= 0.6 is 0 Å². The lowest BCUT2D eigenvalue weighted by molar-refractivity contribution is -0.150. The van der Waals surface area contributed by atoms with Gasteiger partial charge in [-0.15, -0.1) is 0 Å². The van der Waals surface area contributed by atoms with Crippen molar-refractivity contribution in [3.05, 3.63) is 0 Å². The van der Waals surface area contributed by atoms with Crippen LogP contribution in [-0.2, 0) is 28.8 Å². The molecule has 0 aromatic heterocycles. The molecule has 1 saturated heterocycles. The molecule has 1 heterocycles. The van der Waals surface area contributed by atoms with Crippen molar-refractivity contribution in [1.29, 1.82) is 0 Å². The molecule has 1 fully saturated rings. The summed E-state index contributed by atoms with van der Waals surface area (Å²) in [6, 6.07) is -4.97. The number of rotatable bonds is 15. The Kier molecular flexibility index (Phi) is 11.9. The Bertz CT molecular complexity index is 776. The van der Waals surface area contributed by atoms with Gasteiger partial charge in [0.15, 0.2) is 0 Å². The lowest BCUT2D eigenvalue weighted by atomic mass is 10.1. The monoisotopic (exact) mass is 486 g/mol. The first-order chi connectivity index (χ1) is 16.0. The standard InChI is InChI=1S/C20H34N6O8/c21-8-2-1-4-11(22)17(30)25-13(10-16(28)29)18(31)24-12(6-7-15(23)27)19(32)26-9-3-5-14(26)20(33)34/h11-14H,1-10,21-22H2,(H2,23,27)(H,24,31)(H,25,30)(H,28,29)(H,33,34)/t11-,12-,13-,14-/m0/s1. The van der Waals surface area contributed by atoms with E-state index in [2.05, 4.69) is 10.6 Å². The molecule has 0 aromatic carbocycles. The molecule has 1 aliphatic rings. The number of amides is 4. The van der Waals surface area contributed by atoms with E-state index in [1.54, 1.807) is 0 Å². The van der Waals surface area contributed by atoms with Crippen molar-refractivity contribution in [1.82, 2.24) is 15.5 Å². The minimum Gasteiger partial charge on any atom is -0.481 e. The third kappa shape index (κ3) is 9.31. The zero-order chi connectivity index (χ0) is 25.8. The molecule has 4 amide bonds. The van der Waals surface area contributed by atoms with Gasteiger partial charge in [-0.25, -0.2) is 4.79 Å². The normalized spacial score (nSPS) is 17.9. The average molecular weight is 487 g/mol. The molecule has 10 N–H and O–H groups in total. The molecule has 0 spiro atoms. The van der Waals surface area contributed by atoms with Crippen LogP contribution in [0.25, 0.3) is 0 Å². The first-order valence-corrected chi connectivity index (χ1v) is 11.1. The highest BCUT2D eigenvalue weighted by Gasteiger charge is 2.38. The number of hydrogen-bond donors (Lipinski definition) is 7. The number of carboxylic acids is 2. The molecule has 0 bridgehead atoms. The molecule has 0 saturated carbocycles. The topological polar surface area (TPSA) is 248 Å². The fraction of sp³-hybridized carbons (Fsp3) is 0.700. The van der Waals surface area contributed by atoms with E-state index in [4.69, 9.17) is 22.3 Å². The molecule has 34 heavy (non-hydrogen) atoms. The van der Waals surface area contributed by atoms with Crippen LogP contribution < -0.4 is 27.8 Å². The predicted octanol–water partition coefficient (Wildman–Crippen LogP) is -2.77. The lowest BCUT2D eigenvalue weighted by Gasteiger charge is -2.28. The molecule has 14 nitrogen and oxygen atoms in total. The van der Waals surface area contributed by atoms with E-state index in [9.17, 15) is 33.9 Å². The first-order valence-electron chi connectivity index (χ1n) is 11.1. The van der Waals surface area contributed by atoms with Crippen LogP contribution in [0.3, 0.4) is 0 Å². The minimum atomic E-state index is -1.55. The van der Waals surface area contributed by atoms with Gasteiger partial charge in [-0.2, -0.15) is 0 Å². The summed E-state index contributed by atoms with van der Waals surface area (Å²) >= 11 is 0. The summed E-state index contributed by atoms with van der Waals surface area (Å²) < 4.78 is 0. The summed E-state index contributed by atoms with van der Waals surface area (Å²) in [6.45, 7) is 0.560. The maximum Gasteiger partial charge on any atom is 0.326 e. The Morgan fingerprint density at radius 3 is 2.18 bits per heavy atom. The summed E-state index contributed by atoms with van der Waals surface area (Å²) in [5.41, 5.74) is 16.3. The van der Waals surface area contributed by atoms with Gasteiger partial charge >= 0.3 is 11.9 Å². The highest BCUT2D eigenvalue weighted by Crippen LogP contribution is 2.19. The largest absolute Gasteiger partial charge is 0.481 e. The van der Waals surface area contributed by atoms with Crippen LogP contribution in [-0.4, -0.2) is 87.9 Å². The Morgan fingerprint density at radius 2 is 1.62 bits per heavy atom. The number of likely N-dealkylation sites (tertiary alicyclic amines) is 1. The molecular weight excluding hydrogens is 452 g/mol. The van der Waals surface area contributed by atoms with Gasteiger partial charge in [0.2, 0.25) is 23.6 Å². The van der Waals surface area contributed by atoms with Gasteiger partial charge in [-0.3, -0.25) is 24.0 Å². The Morgan fingerprint density at radius 1 is 0.971 bits per heavy atom. The highest BCUT2D eigenvalue weighted by atomic mass is 16.4. The fourth-order valence-electron chi connectivity index (χ4n) is 3.61. The molecule has 0 radical (unpaired) electrons. The van der Waals surface area contributed by atoms with Crippen molar-refractivity contribution in [2.45, 2.75) is 75.5 Å². The lowest BCUT2D eigenvalue weighted by Crippen LogP contribution is -2.57. The summed E-state index contributed by atoms with van der Waals surface area (Å²) in [6.07, 6.45) is 0.846. The van der Waals surface area contributed by atoms with Crippen molar-refractivity contribution in [3.63, 3.8) is 0 Å². The van der Waals surface area contributed by atoms with E-state index in [0.29, 0.717) is 25.8 Å². The molecule has 0 unspecified atom stereocenters. The van der Waals surface area contributed by atoms with Crippen molar-refractivity contribution in [3.8, 4) is 0 Å². The summed E-state index contributed by atoms with van der Waals surface area (Å²) in [5, 5.41) is 23.1. The minimum absolute atomic E-state index is 0.145. The van der Waals surface area contributed by atoms with Gasteiger partial charge in [0.25, 0.3) is 0 Å². The second-order valence-corrected chi connectivity index (χ2v) is 8.14. The van der Waals surface area contributed by atoms with Gasteiger partial charge in [-0.1, -0.05) is 6.42 Å². The average Bonchev–Trinajstić information content (AvgIpc) is 3.25. The number of unbranched alkanes of at least 4 members (excludes halogenated alkanes) is 1. The molecule has 14 heteroatoms. The third-order valence-electron chi connectivity index (χ3n) is 5.43. The van der Waals surface area contributed by atoms with Gasteiger partial charge < -0.3 is 42.9 Å². The Balaban J connectivity index is 2.97. The second-order valence-electron chi connectivity index (χ2n) is 8.14. The van der Waals surface area contributed by atoms with Crippen LogP contribution in [0.2, 0.25) is 0 Å². The van der Waals surface area contributed by atoms with Crippen LogP contribution in [0, 0.1) is 0 Å². The fourth-order valence-corrected chi connectivity index (χ4v) is 3.61. The third-order valence-corrected chi connectivity index (χ3v) is 5.43. The van der Waals surface area contributed by atoms with Crippen LogP contribution in [0.5, 0.6) is 0 Å². The van der Waals surface area contributed by atoms with Gasteiger partial charge in [-0.05, 0) is 38.6 Å². The number of aliphatic carboxylic acids is 2. The molecule has 192 valence electrons. The van der Waals surface area contributed by atoms with Crippen LogP contribution in [0.4, 0.5) is 0 Å². The number of primary amides is 1. The highest BCUT2D eigenvalue weighted by molar-refractivity contribution is 5.96. The number of hydrogen-bond acceptors (Lipinski definition) is 8. The summed E-state index contributed by atoms with van der Waals surface area (Å²) in [4.78, 5) is 73.2. The number of carboxylic acid groups (broad SMARTS) is 2. The van der Waals surface area contributed by atoms with E-state index in [0.717, 1.165) is 4.90 Å². The van der Waals surface area contributed by atoms with Gasteiger partial charge in [0.1, 0.15) is 18.1 Å². The van der Waals surface area contributed by atoms with Crippen LogP contribution in [0.1, 0.15) is 51.4 Å². The van der Waals surface area contributed by atoms with E-state index < -0.39 is 66.2 Å². The number of nitrogens with one attached hydrogen (secondary N) is 2. The predicted molar refractivity (Wildman–Crippen MR) is 118 cm³/mol. The maximum absolute atomic E-state index is 13.0. The SMILES string of the molecule is NCCCC[C@H](N)C(=O)N[C@@H](CC(=O)O)C(=O)N[C@@H](CCC(N)=O)C(=O)N1CCC[C@H]1C(=O)O. The number of carbonyl (C=O) groups is 6. The van der Waals surface area contributed by atoms with Gasteiger partial charge in [0, 0.05) is 13.0 Å². The Hall–Kier alpha value is -3.26. The molecule has 4 atom stereocenters. The first kappa shape index (κ1) is 28.8. The number of nitrogens with zero attached hydrogens (tertiary/aromatic N) is 1. The molecule has 1 rings (SSSR count). The van der Waals surface area contributed by atoms with E-state index in [-0.39, 0.29) is 32.2 Å². The number of nitrogens with two attached hydrogens (primary N) is 3. The van der Waals surface area contributed by atoms with E-state index in [1.807, 2.05) is 0 Å². The molecule has 1 aliphatic heterocycles. The zero-order valence-electron chi connectivity index (χ0n) is 18.9. The summed E-state index contributed by atoms with van der Waals surface area (Å²) in [5.74, 6) is -5.81. The molecule has 0 aliphatic carbocycles. The molecule has 0 aromatic rings. The quantitative estimate of drug-likeness (QED) is 0.117. The second kappa shape index (κ2) is 14.1. The van der Waals surface area contributed by atoms with Crippen molar-refractivity contribution >= 4 is 35.6 Å². The Labute approximate surface area is 196 Å². The summed E-state index contributed by atoms with van der Waals surface area (Å²) in [7, 11) is 0. The van der Waals surface area contributed by atoms with Crippen molar-refractivity contribution < 1.29 is 39.0 Å². The smallest absolute Gasteiger partial charge is 0.326 e. The van der Waals surface area contributed by atoms with E-state index in [1.165, 1.54) is 0 Å². The number of carbonyl (C=O) groups excluding carboxylic acids is 4. The van der Waals surface area contributed by atoms with Gasteiger partial charge in [0.05, 0.1) is 12.5 Å².